The fraction of sp³-hybridized carbons (Fsp3) is 0.212. The molecule has 1 aliphatic rings. The summed E-state index contributed by atoms with van der Waals surface area (Å²) in [4.78, 5) is 17.3. The lowest BCUT2D eigenvalue weighted by atomic mass is 10.00. The Kier molecular flexibility index (Phi) is 9.45. The molecule has 0 saturated carbocycles. The molecule has 6 rings (SSSR count). The molecule has 0 amide bonds. The Labute approximate surface area is 257 Å². The van der Waals surface area contributed by atoms with E-state index in [2.05, 4.69) is 9.97 Å². The van der Waals surface area contributed by atoms with Crippen molar-refractivity contribution in [2.75, 3.05) is 47.4 Å². The molecule has 45 heavy (non-hydrogen) atoms. The van der Waals surface area contributed by atoms with Crippen LogP contribution in [0.25, 0.3) is 33.2 Å². The smallest absolute Gasteiger partial charge is 0.345 e. The lowest BCUT2D eigenvalue weighted by Crippen LogP contribution is -2.08. The van der Waals surface area contributed by atoms with Gasteiger partial charge in [-0.3, -0.25) is 0 Å². The van der Waals surface area contributed by atoms with E-state index < -0.39 is 23.6 Å². The van der Waals surface area contributed by atoms with Crippen LogP contribution in [0.15, 0.2) is 71.7 Å². The first-order valence-corrected chi connectivity index (χ1v) is 13.7. The summed E-state index contributed by atoms with van der Waals surface area (Å²) in [6, 6.07) is 16.2. The highest BCUT2D eigenvalue weighted by Crippen LogP contribution is 2.37. The third-order valence-corrected chi connectivity index (χ3v) is 7.08. The van der Waals surface area contributed by atoms with E-state index in [0.717, 1.165) is 0 Å². The third kappa shape index (κ3) is 6.97. The van der Waals surface area contributed by atoms with Gasteiger partial charge in [-0.05, 0) is 59.7 Å². The molecule has 1 aliphatic heterocycles. The second-order valence-electron chi connectivity index (χ2n) is 9.84. The van der Waals surface area contributed by atoms with Gasteiger partial charge in [-0.2, -0.15) is 0 Å². The maximum atomic E-state index is 14.4. The van der Waals surface area contributed by atoms with Gasteiger partial charge in [0.2, 0.25) is 0 Å². The number of nitrogens with zero attached hydrogens (tertiary/aromatic N) is 1. The Bertz CT molecular complexity index is 1850. The molecule has 4 aromatic carbocycles. The second kappa shape index (κ2) is 13.6. The number of hydrogen-bond acceptors (Lipinski definition) is 9. The number of nitrogens with two attached hydrogens (primary N) is 1. The van der Waals surface area contributed by atoms with Gasteiger partial charge in [0.25, 0.3) is 0 Å². The van der Waals surface area contributed by atoms with Crippen molar-refractivity contribution in [1.82, 2.24) is 9.97 Å². The Morgan fingerprint density at radius 2 is 1.22 bits per heavy atom. The third-order valence-electron chi connectivity index (χ3n) is 7.08. The summed E-state index contributed by atoms with van der Waals surface area (Å²) in [6.45, 7) is 0.980. The predicted octanol–water partition coefficient (Wildman–Crippen LogP) is 5.88. The molecule has 1 aromatic heterocycles. The van der Waals surface area contributed by atoms with Crippen molar-refractivity contribution in [1.29, 1.82) is 0 Å². The first kappa shape index (κ1) is 31.2. The summed E-state index contributed by atoms with van der Waals surface area (Å²) in [5.41, 5.74) is 8.70. The molecular weight excluding hydrogens is 588 g/mol. The van der Waals surface area contributed by atoms with Gasteiger partial charge < -0.3 is 39.1 Å². The van der Waals surface area contributed by atoms with E-state index >= 15 is 0 Å². The van der Waals surface area contributed by atoms with Crippen molar-refractivity contribution < 1.29 is 37.2 Å². The molecule has 0 radical (unpaired) electrons. The van der Waals surface area contributed by atoms with Crippen molar-refractivity contribution in [3.8, 4) is 45.3 Å². The zero-order valence-corrected chi connectivity index (χ0v) is 25.0. The number of ether oxygens (including phenoxy) is 6. The topological polar surface area (TPSA) is 127 Å². The SMILES string of the molecule is COc1cc(OC)cc(-c2cc(C3OCCO3)c(N)cc2F)c1.COc1cc(OC)cc(-c2cc3cnc(=O)[nH]c3cc2F)c1. The Morgan fingerprint density at radius 1 is 0.733 bits per heavy atom. The van der Waals surface area contributed by atoms with Crippen molar-refractivity contribution in [2.24, 2.45) is 0 Å². The number of methoxy groups -OCH3 is 4. The number of aromatic amines is 1. The van der Waals surface area contributed by atoms with E-state index in [1.807, 2.05) is 0 Å². The molecule has 234 valence electrons. The summed E-state index contributed by atoms with van der Waals surface area (Å²) in [5.74, 6) is 1.39. The van der Waals surface area contributed by atoms with Gasteiger partial charge in [0, 0.05) is 46.1 Å². The van der Waals surface area contributed by atoms with Crippen LogP contribution in [0.1, 0.15) is 11.9 Å². The molecule has 3 N–H and O–H groups in total. The van der Waals surface area contributed by atoms with Gasteiger partial charge in [0.1, 0.15) is 34.6 Å². The maximum absolute atomic E-state index is 14.4. The summed E-state index contributed by atoms with van der Waals surface area (Å²) < 4.78 is 60.6. The average molecular weight is 620 g/mol. The van der Waals surface area contributed by atoms with Crippen LogP contribution in [-0.2, 0) is 9.47 Å². The Morgan fingerprint density at radius 3 is 1.73 bits per heavy atom. The zero-order valence-electron chi connectivity index (χ0n) is 25.0. The van der Waals surface area contributed by atoms with E-state index in [0.29, 0.717) is 80.6 Å². The zero-order chi connectivity index (χ0) is 32.1. The maximum Gasteiger partial charge on any atom is 0.345 e. The Balaban J connectivity index is 0.000000178. The Hall–Kier alpha value is -5.20. The van der Waals surface area contributed by atoms with Gasteiger partial charge in [-0.15, -0.1) is 0 Å². The van der Waals surface area contributed by atoms with Crippen molar-refractivity contribution in [2.45, 2.75) is 6.29 Å². The first-order valence-electron chi connectivity index (χ1n) is 13.7. The van der Waals surface area contributed by atoms with Crippen LogP contribution in [0.4, 0.5) is 14.5 Å². The number of H-pyrrole nitrogens is 1. The van der Waals surface area contributed by atoms with Crippen LogP contribution < -0.4 is 30.4 Å². The highest BCUT2D eigenvalue weighted by molar-refractivity contribution is 5.84. The van der Waals surface area contributed by atoms with E-state index in [1.165, 1.54) is 32.5 Å². The minimum absolute atomic E-state index is 0.299. The van der Waals surface area contributed by atoms with Gasteiger partial charge in [-0.25, -0.2) is 18.6 Å². The van der Waals surface area contributed by atoms with Gasteiger partial charge in [0.15, 0.2) is 6.29 Å². The van der Waals surface area contributed by atoms with Crippen molar-refractivity contribution >= 4 is 16.6 Å². The quantitative estimate of drug-likeness (QED) is 0.215. The largest absolute Gasteiger partial charge is 0.497 e. The van der Waals surface area contributed by atoms with Gasteiger partial charge in [0.05, 0.1) is 47.2 Å². The van der Waals surface area contributed by atoms with E-state index in [-0.39, 0.29) is 0 Å². The molecule has 12 heteroatoms. The van der Waals surface area contributed by atoms with Crippen molar-refractivity contribution in [3.05, 3.63) is 94.5 Å². The monoisotopic (exact) mass is 619 g/mol. The first-order chi connectivity index (χ1) is 21.7. The fourth-order valence-corrected chi connectivity index (χ4v) is 4.80. The average Bonchev–Trinajstić information content (AvgIpc) is 3.59. The van der Waals surface area contributed by atoms with Crippen LogP contribution in [-0.4, -0.2) is 51.6 Å². The van der Waals surface area contributed by atoms with Crippen LogP contribution in [0, 0.1) is 11.6 Å². The number of aromatic nitrogens is 2. The van der Waals surface area contributed by atoms with Crippen LogP contribution in [0.5, 0.6) is 23.0 Å². The lowest BCUT2D eigenvalue weighted by Gasteiger charge is -2.15. The summed E-state index contributed by atoms with van der Waals surface area (Å²) >= 11 is 0. The molecule has 10 nitrogen and oxygen atoms in total. The van der Waals surface area contributed by atoms with Crippen LogP contribution in [0.3, 0.4) is 0 Å². The summed E-state index contributed by atoms with van der Waals surface area (Å²) in [7, 11) is 6.15. The predicted molar refractivity (Wildman–Crippen MR) is 165 cm³/mol. The van der Waals surface area contributed by atoms with Crippen LogP contribution >= 0.6 is 0 Å². The number of nitrogens with one attached hydrogen (secondary N) is 1. The molecule has 1 saturated heterocycles. The van der Waals surface area contributed by atoms with Gasteiger partial charge in [-0.1, -0.05) is 0 Å². The molecule has 1 fully saturated rings. The van der Waals surface area contributed by atoms with Crippen molar-refractivity contribution in [3.63, 3.8) is 0 Å². The summed E-state index contributed by atoms with van der Waals surface area (Å²) in [6.07, 6.45) is 0.843. The molecule has 0 aliphatic carbocycles. The second-order valence-corrected chi connectivity index (χ2v) is 9.84. The molecule has 0 unspecified atom stereocenters. The standard InChI is InChI=1S/C17H18FNO4.C16H13FN2O3/c1-20-11-5-10(6-12(7-11)21-2)13-8-14(16(19)9-15(13)18)17-22-3-4-23-17;1-21-11-3-9(4-12(6-11)22-2)13-5-10-8-18-16(20)19-15(10)7-14(13)17/h5-9,17H,3-4,19H2,1-2H3;3-8H,1-2H3,(H,18,19,20). The number of anilines is 1. The minimum atomic E-state index is -0.568. The van der Waals surface area contributed by atoms with Crippen LogP contribution in [0.2, 0.25) is 0 Å². The molecule has 2 heterocycles. The minimum Gasteiger partial charge on any atom is -0.497 e. The number of hydrogen-bond donors (Lipinski definition) is 2. The number of benzene rings is 4. The number of nitrogen functional groups attached to an aromatic ring is 1. The van der Waals surface area contributed by atoms with E-state index in [9.17, 15) is 13.6 Å². The number of rotatable bonds is 7. The normalized spacial score (nSPS) is 12.8. The molecule has 0 bridgehead atoms. The molecule has 0 spiro atoms. The molecule has 5 aromatic rings. The number of fused-ring (bicyclic) bond motifs is 1. The van der Waals surface area contributed by atoms with E-state index in [4.69, 9.17) is 34.2 Å². The fourth-order valence-electron chi connectivity index (χ4n) is 4.80. The molecular formula is C33H31F2N3O7. The highest BCUT2D eigenvalue weighted by atomic mass is 19.1. The number of halogens is 2. The summed E-state index contributed by atoms with van der Waals surface area (Å²) in [5, 5.41) is 0.637. The lowest BCUT2D eigenvalue weighted by molar-refractivity contribution is -0.0435. The molecule has 0 atom stereocenters. The van der Waals surface area contributed by atoms with Gasteiger partial charge >= 0.3 is 5.69 Å². The highest BCUT2D eigenvalue weighted by Gasteiger charge is 2.23. The van der Waals surface area contributed by atoms with E-state index in [1.54, 1.807) is 62.8 Å².